The second-order valence-corrected chi connectivity index (χ2v) is 7.36. The van der Waals surface area contributed by atoms with Gasteiger partial charge in [-0.1, -0.05) is 78.9 Å². The number of hydrogen-bond donors (Lipinski definition) is 0. The minimum absolute atomic E-state index is 0.0149. The van der Waals surface area contributed by atoms with Crippen LogP contribution in [0.2, 0.25) is 0 Å². The molecule has 0 bridgehead atoms. The number of hydrogen-bond acceptors (Lipinski definition) is 3. The fourth-order valence-corrected chi connectivity index (χ4v) is 3.96. The maximum atomic E-state index is 13.6. The Kier molecular flexibility index (Phi) is 5.44. The van der Waals surface area contributed by atoms with E-state index in [1.165, 1.54) is 0 Å². The second-order valence-electron chi connectivity index (χ2n) is 7.36. The number of carbonyl (C=O) groups is 2. The lowest BCUT2D eigenvalue weighted by molar-refractivity contribution is -0.113. The highest BCUT2D eigenvalue weighted by Gasteiger charge is 2.32. The molecule has 0 N–H and O–H groups in total. The standard InChI is InChI=1S/C27H23NO2/c1-19-24(20(2)29)18-25(27(30)22-14-8-4-9-15-22)26(21-12-6-3-7-13-21)28(19)23-16-10-5-11-17-23/h3-17H,18H2,1-2H3. The highest BCUT2D eigenvalue weighted by atomic mass is 16.1. The van der Waals surface area contributed by atoms with E-state index in [4.69, 9.17) is 0 Å². The van der Waals surface area contributed by atoms with Gasteiger partial charge in [0.1, 0.15) is 0 Å². The quantitative estimate of drug-likeness (QED) is 0.495. The normalized spacial score (nSPS) is 14.1. The molecule has 1 aliphatic rings. The predicted molar refractivity (Wildman–Crippen MR) is 121 cm³/mol. The lowest BCUT2D eigenvalue weighted by atomic mass is 9.86. The molecule has 4 rings (SSSR count). The van der Waals surface area contributed by atoms with Gasteiger partial charge in [-0.05, 0) is 31.5 Å². The zero-order valence-electron chi connectivity index (χ0n) is 17.1. The van der Waals surface area contributed by atoms with Gasteiger partial charge in [0.05, 0.1) is 5.70 Å². The van der Waals surface area contributed by atoms with Crippen molar-refractivity contribution in [2.24, 2.45) is 0 Å². The molecule has 148 valence electrons. The molecule has 1 heterocycles. The van der Waals surface area contributed by atoms with Crippen LogP contribution in [0.3, 0.4) is 0 Å². The van der Waals surface area contributed by atoms with Crippen molar-refractivity contribution in [2.45, 2.75) is 20.3 Å². The van der Waals surface area contributed by atoms with Gasteiger partial charge in [0.2, 0.25) is 0 Å². The second kappa shape index (κ2) is 8.34. The van der Waals surface area contributed by atoms with Crippen molar-refractivity contribution in [3.63, 3.8) is 0 Å². The van der Waals surface area contributed by atoms with Crippen molar-refractivity contribution in [3.8, 4) is 0 Å². The van der Waals surface area contributed by atoms with Crippen LogP contribution >= 0.6 is 0 Å². The van der Waals surface area contributed by atoms with Gasteiger partial charge in [0, 0.05) is 34.5 Å². The van der Waals surface area contributed by atoms with Crippen LogP contribution in [-0.4, -0.2) is 11.6 Å². The highest BCUT2D eigenvalue weighted by molar-refractivity contribution is 6.17. The Morgan fingerprint density at radius 1 is 0.733 bits per heavy atom. The van der Waals surface area contributed by atoms with Crippen molar-refractivity contribution >= 4 is 23.0 Å². The Morgan fingerprint density at radius 3 is 1.83 bits per heavy atom. The Morgan fingerprint density at radius 2 is 1.27 bits per heavy atom. The molecule has 0 radical (unpaired) electrons. The first-order valence-corrected chi connectivity index (χ1v) is 10.0. The van der Waals surface area contributed by atoms with Gasteiger partial charge in [-0.2, -0.15) is 0 Å². The number of para-hydroxylation sites is 1. The first kappa shape index (κ1) is 19.6. The van der Waals surface area contributed by atoms with Crippen LogP contribution < -0.4 is 4.90 Å². The van der Waals surface area contributed by atoms with Gasteiger partial charge >= 0.3 is 0 Å². The highest BCUT2D eigenvalue weighted by Crippen LogP contribution is 2.41. The van der Waals surface area contributed by atoms with E-state index in [0.717, 1.165) is 22.6 Å². The summed E-state index contributed by atoms with van der Waals surface area (Å²) in [6.07, 6.45) is 0.322. The summed E-state index contributed by atoms with van der Waals surface area (Å²) in [4.78, 5) is 28.2. The van der Waals surface area contributed by atoms with E-state index in [1.807, 2.05) is 103 Å². The smallest absolute Gasteiger partial charge is 0.191 e. The van der Waals surface area contributed by atoms with Gasteiger partial charge < -0.3 is 4.90 Å². The first-order chi connectivity index (χ1) is 14.6. The molecule has 3 aromatic carbocycles. The van der Waals surface area contributed by atoms with E-state index >= 15 is 0 Å². The Balaban J connectivity index is 2.00. The SMILES string of the molecule is CC(=O)C1=C(C)N(c2ccccc2)C(c2ccccc2)=C(C(=O)c2ccccc2)C1. The topological polar surface area (TPSA) is 37.4 Å². The summed E-state index contributed by atoms with van der Waals surface area (Å²) in [6.45, 7) is 3.52. The number of carbonyl (C=O) groups excluding carboxylic acids is 2. The third-order valence-electron chi connectivity index (χ3n) is 5.43. The monoisotopic (exact) mass is 393 g/mol. The zero-order valence-corrected chi connectivity index (χ0v) is 17.1. The van der Waals surface area contributed by atoms with E-state index in [-0.39, 0.29) is 11.6 Å². The van der Waals surface area contributed by atoms with Crippen LogP contribution in [0.4, 0.5) is 5.69 Å². The molecule has 0 aliphatic carbocycles. The molecule has 0 aromatic heterocycles. The zero-order chi connectivity index (χ0) is 21.1. The molecule has 0 fully saturated rings. The van der Waals surface area contributed by atoms with Gasteiger partial charge in [-0.3, -0.25) is 9.59 Å². The average Bonchev–Trinajstić information content (AvgIpc) is 2.79. The number of allylic oxidation sites excluding steroid dienone is 3. The molecule has 0 spiro atoms. The molecular weight excluding hydrogens is 370 g/mol. The van der Waals surface area contributed by atoms with Crippen LogP contribution in [0.1, 0.15) is 36.2 Å². The fraction of sp³-hybridized carbons (Fsp3) is 0.111. The third-order valence-corrected chi connectivity index (χ3v) is 5.43. The lowest BCUT2D eigenvalue weighted by Crippen LogP contribution is -2.30. The van der Waals surface area contributed by atoms with Crippen LogP contribution in [-0.2, 0) is 4.79 Å². The minimum Gasteiger partial charge on any atom is -0.313 e. The predicted octanol–water partition coefficient (Wildman–Crippen LogP) is 6.05. The largest absolute Gasteiger partial charge is 0.313 e. The average molecular weight is 393 g/mol. The number of benzene rings is 3. The maximum Gasteiger partial charge on any atom is 0.191 e. The number of nitrogens with zero attached hydrogens (tertiary/aromatic N) is 1. The van der Waals surface area contributed by atoms with Crippen molar-refractivity contribution in [2.75, 3.05) is 4.90 Å². The molecular formula is C27H23NO2. The Bertz CT molecular complexity index is 1140. The third kappa shape index (κ3) is 3.62. The van der Waals surface area contributed by atoms with E-state index in [1.54, 1.807) is 6.92 Å². The van der Waals surface area contributed by atoms with Crippen LogP contribution in [0, 0.1) is 0 Å². The van der Waals surface area contributed by atoms with Crippen molar-refractivity contribution in [1.82, 2.24) is 0 Å². The van der Waals surface area contributed by atoms with Crippen molar-refractivity contribution in [1.29, 1.82) is 0 Å². The van der Waals surface area contributed by atoms with Gasteiger partial charge in [-0.25, -0.2) is 0 Å². The Labute approximate surface area is 177 Å². The summed E-state index contributed by atoms with van der Waals surface area (Å²) in [6, 6.07) is 29.1. The van der Waals surface area contributed by atoms with E-state index in [2.05, 4.69) is 0 Å². The summed E-state index contributed by atoms with van der Waals surface area (Å²) in [5.41, 5.74) is 5.48. The number of Topliss-reactive ketones (excluding diaryl/α,β-unsaturated/α-hetero) is 2. The molecule has 3 nitrogen and oxygen atoms in total. The summed E-state index contributed by atoms with van der Waals surface area (Å²) in [7, 11) is 0. The molecule has 0 saturated carbocycles. The van der Waals surface area contributed by atoms with E-state index < -0.39 is 0 Å². The molecule has 0 unspecified atom stereocenters. The molecule has 0 amide bonds. The van der Waals surface area contributed by atoms with E-state index in [0.29, 0.717) is 23.1 Å². The van der Waals surface area contributed by atoms with Crippen LogP contribution in [0.15, 0.2) is 108 Å². The van der Waals surface area contributed by atoms with Gasteiger partial charge in [-0.15, -0.1) is 0 Å². The lowest BCUT2D eigenvalue weighted by Gasteiger charge is -2.36. The number of rotatable bonds is 5. The maximum absolute atomic E-state index is 13.6. The summed E-state index contributed by atoms with van der Waals surface area (Å²) >= 11 is 0. The molecule has 0 saturated heterocycles. The number of ketones is 2. The first-order valence-electron chi connectivity index (χ1n) is 10.0. The van der Waals surface area contributed by atoms with Crippen molar-refractivity contribution in [3.05, 3.63) is 119 Å². The van der Waals surface area contributed by atoms with Gasteiger partial charge in [0.15, 0.2) is 11.6 Å². The Hall–Kier alpha value is -3.72. The van der Waals surface area contributed by atoms with Gasteiger partial charge in [0.25, 0.3) is 0 Å². The molecule has 3 heteroatoms. The summed E-state index contributed by atoms with van der Waals surface area (Å²) in [5.74, 6) is -0.0689. The van der Waals surface area contributed by atoms with E-state index in [9.17, 15) is 9.59 Å². The molecule has 0 atom stereocenters. The summed E-state index contributed by atoms with van der Waals surface area (Å²) < 4.78 is 0. The number of anilines is 1. The van der Waals surface area contributed by atoms with Crippen molar-refractivity contribution < 1.29 is 9.59 Å². The van der Waals surface area contributed by atoms with Crippen LogP contribution in [0.25, 0.3) is 5.70 Å². The molecule has 1 aliphatic heterocycles. The minimum atomic E-state index is -0.0540. The molecule has 30 heavy (non-hydrogen) atoms. The molecule has 3 aromatic rings. The fourth-order valence-electron chi connectivity index (χ4n) is 3.96. The summed E-state index contributed by atoms with van der Waals surface area (Å²) in [5, 5.41) is 0. The van der Waals surface area contributed by atoms with Crippen LogP contribution in [0.5, 0.6) is 0 Å².